The Morgan fingerprint density at radius 1 is 1.50 bits per heavy atom. The topological polar surface area (TPSA) is 98.1 Å². The van der Waals surface area contributed by atoms with Crippen molar-refractivity contribution in [1.82, 2.24) is 15.1 Å². The van der Waals surface area contributed by atoms with Crippen LogP contribution in [-0.4, -0.2) is 41.7 Å². The number of hydrogen-bond donors (Lipinski definition) is 1. The average Bonchev–Trinajstić information content (AvgIpc) is 2.69. The monoisotopic (exact) mass is 339 g/mol. The zero-order valence-corrected chi connectivity index (χ0v) is 12.5. The number of nitrogens with zero attached hydrogens (tertiary/aromatic N) is 2. The summed E-state index contributed by atoms with van der Waals surface area (Å²) >= 11 is 11.3. The molecular formula is C10H11Cl2N3O4S. The fourth-order valence-corrected chi connectivity index (χ4v) is 3.82. The second-order valence-electron chi connectivity index (χ2n) is 4.44. The standard InChI is InChI=1S/C10H11Cl2N3O4S/c11-7-3-13-15(10(17)9(7)12)4-8(16)14-6-1-2-20(18,19)5-6/h3,6H,1-2,4-5H2,(H,14,16)/t6-/m0/s1. The SMILES string of the molecule is O=C(Cn1ncc(Cl)c(Cl)c1=O)N[C@H]1CCS(=O)(=O)C1. The van der Waals surface area contributed by atoms with E-state index >= 15 is 0 Å². The van der Waals surface area contributed by atoms with E-state index in [1.807, 2.05) is 0 Å². The lowest BCUT2D eigenvalue weighted by Crippen LogP contribution is -2.40. The van der Waals surface area contributed by atoms with Crippen molar-refractivity contribution in [3.05, 3.63) is 26.6 Å². The smallest absolute Gasteiger partial charge is 0.287 e. The van der Waals surface area contributed by atoms with Crippen LogP contribution in [0.2, 0.25) is 10.0 Å². The van der Waals surface area contributed by atoms with Gasteiger partial charge < -0.3 is 5.32 Å². The zero-order valence-electron chi connectivity index (χ0n) is 10.2. The van der Waals surface area contributed by atoms with Crippen molar-refractivity contribution in [3.8, 4) is 0 Å². The second kappa shape index (κ2) is 5.71. The van der Waals surface area contributed by atoms with Crippen molar-refractivity contribution >= 4 is 38.9 Å². The molecule has 0 unspecified atom stereocenters. The van der Waals surface area contributed by atoms with Gasteiger partial charge in [-0.1, -0.05) is 23.2 Å². The van der Waals surface area contributed by atoms with Crippen molar-refractivity contribution in [1.29, 1.82) is 0 Å². The van der Waals surface area contributed by atoms with Crippen LogP contribution in [0.4, 0.5) is 0 Å². The number of nitrogens with one attached hydrogen (secondary N) is 1. The third kappa shape index (κ3) is 3.50. The van der Waals surface area contributed by atoms with E-state index in [0.717, 1.165) is 4.68 Å². The lowest BCUT2D eigenvalue weighted by molar-refractivity contribution is -0.122. The molecule has 1 fully saturated rings. The number of aromatic nitrogens is 2. The maximum Gasteiger partial charge on any atom is 0.287 e. The van der Waals surface area contributed by atoms with Gasteiger partial charge in [0.2, 0.25) is 5.91 Å². The minimum atomic E-state index is -3.07. The largest absolute Gasteiger partial charge is 0.351 e. The van der Waals surface area contributed by atoms with E-state index in [1.54, 1.807) is 0 Å². The van der Waals surface area contributed by atoms with Crippen molar-refractivity contribution in [3.63, 3.8) is 0 Å². The summed E-state index contributed by atoms with van der Waals surface area (Å²) in [6.07, 6.45) is 1.54. The lowest BCUT2D eigenvalue weighted by atomic mass is 10.2. The fraction of sp³-hybridized carbons (Fsp3) is 0.500. The Balaban J connectivity index is 2.03. The first-order chi connectivity index (χ1) is 9.28. The van der Waals surface area contributed by atoms with E-state index in [4.69, 9.17) is 23.2 Å². The van der Waals surface area contributed by atoms with E-state index in [2.05, 4.69) is 10.4 Å². The molecule has 0 bridgehead atoms. The molecule has 0 saturated carbocycles. The van der Waals surface area contributed by atoms with Crippen molar-refractivity contribution in [2.75, 3.05) is 11.5 Å². The molecule has 1 N–H and O–H groups in total. The molecule has 2 rings (SSSR count). The average molecular weight is 340 g/mol. The summed E-state index contributed by atoms with van der Waals surface area (Å²) < 4.78 is 23.4. The molecule has 0 radical (unpaired) electrons. The van der Waals surface area contributed by atoms with E-state index in [1.165, 1.54) is 6.20 Å². The molecule has 1 aliphatic rings. The molecule has 110 valence electrons. The predicted octanol–water partition coefficient (Wildman–Crippen LogP) is -0.147. The van der Waals surface area contributed by atoms with Crippen LogP contribution in [0.25, 0.3) is 0 Å². The number of halogens is 2. The minimum absolute atomic E-state index is 0.00945. The van der Waals surface area contributed by atoms with Gasteiger partial charge in [-0.2, -0.15) is 5.10 Å². The van der Waals surface area contributed by atoms with Crippen molar-refractivity contribution in [2.45, 2.75) is 19.0 Å². The number of carbonyl (C=O) groups is 1. The summed E-state index contributed by atoms with van der Waals surface area (Å²) in [6, 6.07) is -0.425. The molecule has 1 aromatic rings. The number of carbonyl (C=O) groups excluding carboxylic acids is 1. The van der Waals surface area contributed by atoms with E-state index < -0.39 is 27.3 Å². The first-order valence-electron chi connectivity index (χ1n) is 5.69. The van der Waals surface area contributed by atoms with Crippen LogP contribution < -0.4 is 10.9 Å². The first kappa shape index (κ1) is 15.3. The van der Waals surface area contributed by atoms with E-state index in [0.29, 0.717) is 6.42 Å². The quantitative estimate of drug-likeness (QED) is 0.825. The van der Waals surface area contributed by atoms with Crippen molar-refractivity contribution in [2.24, 2.45) is 0 Å². The Morgan fingerprint density at radius 2 is 2.20 bits per heavy atom. The molecule has 2 heterocycles. The Hall–Kier alpha value is -1.12. The van der Waals surface area contributed by atoms with Crippen LogP contribution in [0, 0.1) is 0 Å². The number of sulfone groups is 1. The molecule has 7 nitrogen and oxygen atoms in total. The molecule has 10 heteroatoms. The summed E-state index contributed by atoms with van der Waals surface area (Å²) in [5.74, 6) is -0.522. The summed E-state index contributed by atoms with van der Waals surface area (Å²) in [7, 11) is -3.07. The fourth-order valence-electron chi connectivity index (χ4n) is 1.88. The highest BCUT2D eigenvalue weighted by Gasteiger charge is 2.29. The summed E-state index contributed by atoms with van der Waals surface area (Å²) in [5, 5.41) is 6.04. The van der Waals surface area contributed by atoms with Crippen LogP contribution in [0.1, 0.15) is 6.42 Å². The summed E-state index contributed by atoms with van der Waals surface area (Å²) in [4.78, 5) is 23.4. The number of hydrogen-bond acceptors (Lipinski definition) is 5. The van der Waals surface area contributed by atoms with Crippen LogP contribution in [0.15, 0.2) is 11.0 Å². The Kier molecular flexibility index (Phi) is 4.36. The van der Waals surface area contributed by atoms with Crippen LogP contribution in [-0.2, 0) is 21.2 Å². The van der Waals surface area contributed by atoms with Gasteiger partial charge in [0, 0.05) is 6.04 Å². The Bertz CT molecular complexity index is 701. The van der Waals surface area contributed by atoms with Gasteiger partial charge in [0.25, 0.3) is 5.56 Å². The lowest BCUT2D eigenvalue weighted by Gasteiger charge is -2.11. The highest BCUT2D eigenvalue weighted by Crippen LogP contribution is 2.14. The van der Waals surface area contributed by atoms with Gasteiger partial charge in [-0.05, 0) is 6.42 Å². The van der Waals surface area contributed by atoms with Gasteiger partial charge in [-0.15, -0.1) is 0 Å². The Morgan fingerprint density at radius 3 is 2.80 bits per heavy atom. The minimum Gasteiger partial charge on any atom is -0.351 e. The maximum absolute atomic E-state index is 11.7. The third-order valence-corrected chi connectivity index (χ3v) is 5.35. The molecule has 1 amide bonds. The molecular weight excluding hydrogens is 329 g/mol. The predicted molar refractivity (Wildman–Crippen MR) is 73.7 cm³/mol. The highest BCUT2D eigenvalue weighted by atomic mass is 35.5. The summed E-state index contributed by atoms with van der Waals surface area (Å²) in [6.45, 7) is -0.341. The molecule has 1 aromatic heterocycles. The molecule has 1 saturated heterocycles. The molecule has 1 aliphatic heterocycles. The maximum atomic E-state index is 11.7. The van der Waals surface area contributed by atoms with Gasteiger partial charge in [0.05, 0.1) is 22.7 Å². The molecule has 1 atom stereocenters. The molecule has 0 spiro atoms. The van der Waals surface area contributed by atoms with Gasteiger partial charge in [0.15, 0.2) is 9.84 Å². The second-order valence-corrected chi connectivity index (χ2v) is 7.45. The third-order valence-electron chi connectivity index (χ3n) is 2.83. The highest BCUT2D eigenvalue weighted by molar-refractivity contribution is 7.91. The van der Waals surface area contributed by atoms with Gasteiger partial charge in [0.1, 0.15) is 11.6 Å². The van der Waals surface area contributed by atoms with Gasteiger partial charge in [-0.25, -0.2) is 13.1 Å². The number of rotatable bonds is 3. The van der Waals surface area contributed by atoms with Gasteiger partial charge >= 0.3 is 0 Å². The van der Waals surface area contributed by atoms with Crippen molar-refractivity contribution < 1.29 is 13.2 Å². The Labute approximate surface area is 124 Å². The summed E-state index contributed by atoms with van der Waals surface area (Å²) in [5.41, 5.74) is -0.673. The van der Waals surface area contributed by atoms with Gasteiger partial charge in [-0.3, -0.25) is 9.59 Å². The van der Waals surface area contributed by atoms with E-state index in [9.17, 15) is 18.0 Å². The normalized spacial score (nSPS) is 20.8. The molecule has 20 heavy (non-hydrogen) atoms. The first-order valence-corrected chi connectivity index (χ1v) is 8.27. The van der Waals surface area contributed by atoms with E-state index in [-0.39, 0.29) is 28.1 Å². The molecule has 0 aromatic carbocycles. The van der Waals surface area contributed by atoms with Crippen LogP contribution in [0.3, 0.4) is 0 Å². The van der Waals surface area contributed by atoms with Crippen LogP contribution >= 0.6 is 23.2 Å². The zero-order chi connectivity index (χ0) is 14.9. The number of amides is 1. The van der Waals surface area contributed by atoms with Crippen LogP contribution in [0.5, 0.6) is 0 Å². The molecule has 0 aliphatic carbocycles.